The van der Waals surface area contributed by atoms with Gasteiger partial charge in [0.25, 0.3) is 0 Å². The Hall–Kier alpha value is -2.08. The maximum Gasteiger partial charge on any atom is 0.154 e. The van der Waals surface area contributed by atoms with E-state index in [1.165, 1.54) is 15.8 Å². The fraction of sp³-hybridized carbons (Fsp3) is 0.312. The van der Waals surface area contributed by atoms with Gasteiger partial charge in [-0.2, -0.15) is 0 Å². The number of aromatic nitrogens is 4. The summed E-state index contributed by atoms with van der Waals surface area (Å²) in [4.78, 5) is 5.96. The van der Waals surface area contributed by atoms with Crippen LogP contribution >= 0.6 is 11.8 Å². The van der Waals surface area contributed by atoms with Crippen molar-refractivity contribution in [1.29, 1.82) is 0 Å². The van der Waals surface area contributed by atoms with Crippen molar-refractivity contribution in [3.63, 3.8) is 0 Å². The van der Waals surface area contributed by atoms with E-state index >= 15 is 0 Å². The minimum atomic E-state index is 0.0422. The molecule has 1 N–H and O–H groups in total. The van der Waals surface area contributed by atoms with E-state index < -0.39 is 0 Å². The van der Waals surface area contributed by atoms with E-state index in [0.717, 1.165) is 17.2 Å². The predicted octanol–water partition coefficient (Wildman–Crippen LogP) is 3.57. The van der Waals surface area contributed by atoms with Crippen molar-refractivity contribution in [3.8, 4) is 0 Å². The number of aryl methyl sites for hydroxylation is 2. The summed E-state index contributed by atoms with van der Waals surface area (Å²) in [5.74, 6) is 1.75. The van der Waals surface area contributed by atoms with Gasteiger partial charge in [-0.25, -0.2) is 4.98 Å². The van der Waals surface area contributed by atoms with Crippen LogP contribution in [0.1, 0.15) is 24.4 Å². The summed E-state index contributed by atoms with van der Waals surface area (Å²) in [5.41, 5.74) is 2.23. The molecular formula is C16H19N5S. The van der Waals surface area contributed by atoms with Crippen LogP contribution in [-0.4, -0.2) is 26.0 Å². The quantitative estimate of drug-likeness (QED) is 0.746. The van der Waals surface area contributed by atoms with E-state index in [1.54, 1.807) is 18.1 Å². The van der Waals surface area contributed by atoms with Gasteiger partial charge in [-0.3, -0.25) is 0 Å². The Labute approximate surface area is 134 Å². The minimum Gasteiger partial charge on any atom is -0.360 e. The Kier molecular flexibility index (Phi) is 4.02. The fourth-order valence-electron chi connectivity index (χ4n) is 2.55. The molecule has 0 fully saturated rings. The largest absolute Gasteiger partial charge is 0.360 e. The molecule has 1 aromatic carbocycles. The zero-order valence-electron chi connectivity index (χ0n) is 13.2. The molecule has 5 nitrogen and oxygen atoms in total. The molecule has 3 rings (SSSR count). The highest BCUT2D eigenvalue weighted by atomic mass is 32.2. The van der Waals surface area contributed by atoms with Crippen LogP contribution in [0.15, 0.2) is 35.5 Å². The molecule has 22 heavy (non-hydrogen) atoms. The maximum absolute atomic E-state index is 4.74. The number of hydrogen-bond donors (Lipinski definition) is 1. The summed E-state index contributed by atoms with van der Waals surface area (Å²) in [7, 11) is 1.94. The number of nitrogens with zero attached hydrogens (tertiary/aromatic N) is 4. The summed E-state index contributed by atoms with van der Waals surface area (Å²) >= 11 is 1.73. The Morgan fingerprint density at radius 1 is 1.27 bits per heavy atom. The monoisotopic (exact) mass is 313 g/mol. The van der Waals surface area contributed by atoms with Crippen LogP contribution in [0.4, 0.5) is 5.82 Å². The van der Waals surface area contributed by atoms with E-state index in [2.05, 4.69) is 59.9 Å². The molecule has 0 aliphatic carbocycles. The van der Waals surface area contributed by atoms with Gasteiger partial charge < -0.3 is 9.88 Å². The van der Waals surface area contributed by atoms with E-state index in [0.29, 0.717) is 0 Å². The van der Waals surface area contributed by atoms with E-state index in [-0.39, 0.29) is 6.04 Å². The molecule has 0 saturated carbocycles. The third-order valence-corrected chi connectivity index (χ3v) is 4.45. The number of hydrogen-bond acceptors (Lipinski definition) is 5. The molecule has 0 radical (unpaired) electrons. The zero-order valence-corrected chi connectivity index (χ0v) is 14.0. The van der Waals surface area contributed by atoms with Crippen LogP contribution < -0.4 is 5.32 Å². The minimum absolute atomic E-state index is 0.0422. The smallest absolute Gasteiger partial charge is 0.154 e. The molecule has 6 heteroatoms. The number of rotatable bonds is 4. The van der Waals surface area contributed by atoms with Gasteiger partial charge >= 0.3 is 0 Å². The van der Waals surface area contributed by atoms with Crippen molar-refractivity contribution < 1.29 is 0 Å². The van der Waals surface area contributed by atoms with Gasteiger partial charge in [-0.1, -0.05) is 6.07 Å². The van der Waals surface area contributed by atoms with Gasteiger partial charge in [-0.15, -0.1) is 22.0 Å². The molecule has 0 saturated heterocycles. The molecule has 114 valence electrons. The van der Waals surface area contributed by atoms with Gasteiger partial charge in [0.1, 0.15) is 12.1 Å². The molecule has 0 bridgehead atoms. The summed E-state index contributed by atoms with van der Waals surface area (Å²) in [6.07, 6.45) is 3.78. The molecule has 0 aliphatic rings. The van der Waals surface area contributed by atoms with Crippen LogP contribution in [0.3, 0.4) is 0 Å². The third-order valence-electron chi connectivity index (χ3n) is 3.72. The lowest BCUT2D eigenvalue weighted by atomic mass is 10.1. The van der Waals surface area contributed by atoms with Crippen LogP contribution in [-0.2, 0) is 7.05 Å². The summed E-state index contributed by atoms with van der Waals surface area (Å²) < 4.78 is 1.91. The van der Waals surface area contributed by atoms with Crippen molar-refractivity contribution in [2.45, 2.75) is 24.8 Å². The van der Waals surface area contributed by atoms with Crippen LogP contribution in [0.2, 0.25) is 0 Å². The van der Waals surface area contributed by atoms with Gasteiger partial charge in [0, 0.05) is 17.3 Å². The SMILES string of the molecule is CSc1ccc2c(C)cc(N[C@H](C)c3nncn3C)nc2c1. The van der Waals surface area contributed by atoms with Crippen LogP contribution in [0, 0.1) is 6.92 Å². The van der Waals surface area contributed by atoms with Crippen molar-refractivity contribution >= 4 is 28.5 Å². The first-order valence-electron chi connectivity index (χ1n) is 7.14. The first kappa shape index (κ1) is 14.8. The second-order valence-corrected chi connectivity index (χ2v) is 6.25. The molecule has 0 unspecified atom stereocenters. The fourth-order valence-corrected chi connectivity index (χ4v) is 2.99. The number of nitrogens with one attached hydrogen (secondary N) is 1. The third kappa shape index (κ3) is 2.78. The maximum atomic E-state index is 4.74. The molecule has 0 spiro atoms. The van der Waals surface area contributed by atoms with Crippen molar-refractivity contribution in [2.75, 3.05) is 11.6 Å². The second-order valence-electron chi connectivity index (χ2n) is 5.37. The Morgan fingerprint density at radius 3 is 2.77 bits per heavy atom. The van der Waals surface area contributed by atoms with Gasteiger partial charge in [0.15, 0.2) is 5.82 Å². The summed E-state index contributed by atoms with van der Waals surface area (Å²) in [6.45, 7) is 4.17. The van der Waals surface area contributed by atoms with Crippen LogP contribution in [0.25, 0.3) is 10.9 Å². The van der Waals surface area contributed by atoms with Gasteiger partial charge in [-0.05, 0) is 43.9 Å². The average Bonchev–Trinajstić information content (AvgIpc) is 2.92. The zero-order chi connectivity index (χ0) is 15.7. The number of thioether (sulfide) groups is 1. The number of anilines is 1. The lowest BCUT2D eigenvalue weighted by Gasteiger charge is -2.15. The highest BCUT2D eigenvalue weighted by Gasteiger charge is 2.12. The summed E-state index contributed by atoms with van der Waals surface area (Å²) in [6, 6.07) is 8.52. The highest BCUT2D eigenvalue weighted by Crippen LogP contribution is 2.26. The van der Waals surface area contributed by atoms with Crippen molar-refractivity contribution in [1.82, 2.24) is 19.7 Å². The molecule has 0 amide bonds. The van der Waals surface area contributed by atoms with Gasteiger partial charge in [0.2, 0.25) is 0 Å². The van der Waals surface area contributed by atoms with E-state index in [1.807, 2.05) is 11.6 Å². The second kappa shape index (κ2) is 5.96. The topological polar surface area (TPSA) is 55.6 Å². The molecule has 3 aromatic rings. The van der Waals surface area contributed by atoms with Crippen molar-refractivity contribution in [3.05, 3.63) is 42.0 Å². The normalized spacial score (nSPS) is 12.5. The van der Waals surface area contributed by atoms with Gasteiger partial charge in [0.05, 0.1) is 11.6 Å². The molecule has 1 atom stereocenters. The van der Waals surface area contributed by atoms with Crippen molar-refractivity contribution in [2.24, 2.45) is 7.05 Å². The first-order chi connectivity index (χ1) is 10.6. The molecule has 0 aliphatic heterocycles. The number of fused-ring (bicyclic) bond motifs is 1. The molecular weight excluding hydrogens is 294 g/mol. The average molecular weight is 313 g/mol. The first-order valence-corrected chi connectivity index (χ1v) is 8.37. The van der Waals surface area contributed by atoms with E-state index in [9.17, 15) is 0 Å². The number of pyridine rings is 1. The lowest BCUT2D eigenvalue weighted by Crippen LogP contribution is -2.13. The highest BCUT2D eigenvalue weighted by molar-refractivity contribution is 7.98. The Balaban J connectivity index is 1.95. The number of benzene rings is 1. The summed E-state index contributed by atoms with van der Waals surface area (Å²) in [5, 5.41) is 12.7. The Morgan fingerprint density at radius 2 is 2.09 bits per heavy atom. The van der Waals surface area contributed by atoms with E-state index in [4.69, 9.17) is 4.98 Å². The predicted molar refractivity (Wildman–Crippen MR) is 91.3 cm³/mol. The molecule has 2 heterocycles. The van der Waals surface area contributed by atoms with Crippen LogP contribution in [0.5, 0.6) is 0 Å². The lowest BCUT2D eigenvalue weighted by molar-refractivity contribution is 0.717. The standard InChI is InChI=1S/C16H19N5S/c1-10-7-15(18-11(2)16-20-17-9-21(16)3)19-14-8-12(22-4)5-6-13(10)14/h5-9,11H,1-4H3,(H,18,19)/t11-/m1/s1. The molecule has 2 aromatic heterocycles. The Bertz CT molecular complexity index is 811.